The predicted molar refractivity (Wildman–Crippen MR) is 121 cm³/mol. The Bertz CT molecular complexity index is 1070. The maximum atomic E-state index is 12.9. The molecular formula is C22H27F2N3O6S. The molecule has 0 aromatic heterocycles. The lowest BCUT2D eigenvalue weighted by molar-refractivity contribution is -0.117. The third-order valence-corrected chi connectivity index (χ3v) is 7.05. The highest BCUT2D eigenvalue weighted by Gasteiger charge is 2.29. The lowest BCUT2D eigenvalue weighted by Crippen LogP contribution is -2.50. The van der Waals surface area contributed by atoms with E-state index in [0.29, 0.717) is 31.1 Å². The van der Waals surface area contributed by atoms with E-state index in [1.165, 1.54) is 41.7 Å². The molecule has 1 amide bonds. The number of ether oxygens (including phenoxy) is 3. The van der Waals surface area contributed by atoms with E-state index < -0.39 is 16.6 Å². The van der Waals surface area contributed by atoms with Crippen molar-refractivity contribution < 1.29 is 36.2 Å². The second kappa shape index (κ2) is 11.4. The van der Waals surface area contributed by atoms with Crippen molar-refractivity contribution >= 4 is 21.6 Å². The van der Waals surface area contributed by atoms with Crippen molar-refractivity contribution in [1.82, 2.24) is 9.21 Å². The molecule has 1 aliphatic rings. The van der Waals surface area contributed by atoms with E-state index in [1.807, 2.05) is 11.8 Å². The van der Waals surface area contributed by atoms with E-state index in [9.17, 15) is 22.0 Å². The number of anilines is 1. The molecule has 34 heavy (non-hydrogen) atoms. The Morgan fingerprint density at radius 3 is 2.32 bits per heavy atom. The summed E-state index contributed by atoms with van der Waals surface area (Å²) in [5.41, 5.74) is 0.361. The number of carbonyl (C=O) groups excluding carboxylic acids is 1. The minimum Gasteiger partial charge on any atom is -0.494 e. The molecule has 0 spiro atoms. The summed E-state index contributed by atoms with van der Waals surface area (Å²) in [4.78, 5) is 14.5. The molecule has 1 N–H and O–H groups in total. The topological polar surface area (TPSA) is 97.4 Å². The molecule has 0 unspecified atom stereocenters. The first-order valence-corrected chi connectivity index (χ1v) is 12.0. The van der Waals surface area contributed by atoms with Crippen LogP contribution in [0.15, 0.2) is 47.4 Å². The Morgan fingerprint density at radius 1 is 1.06 bits per heavy atom. The second-order valence-corrected chi connectivity index (χ2v) is 9.31. The van der Waals surface area contributed by atoms with Crippen LogP contribution in [0.25, 0.3) is 0 Å². The van der Waals surface area contributed by atoms with E-state index in [-0.39, 0.29) is 41.9 Å². The van der Waals surface area contributed by atoms with Crippen molar-refractivity contribution in [2.45, 2.75) is 18.4 Å². The van der Waals surface area contributed by atoms with Crippen LogP contribution in [0.1, 0.15) is 6.92 Å². The number of nitrogens with one attached hydrogen (secondary N) is 1. The second-order valence-electron chi connectivity index (χ2n) is 7.38. The van der Waals surface area contributed by atoms with Crippen molar-refractivity contribution in [3.05, 3.63) is 42.5 Å². The lowest BCUT2D eigenvalue weighted by Gasteiger charge is -2.33. The van der Waals surface area contributed by atoms with Gasteiger partial charge in [0.15, 0.2) is 11.5 Å². The average Bonchev–Trinajstić information content (AvgIpc) is 2.80. The Morgan fingerprint density at radius 2 is 1.74 bits per heavy atom. The van der Waals surface area contributed by atoms with Crippen LogP contribution < -0.4 is 19.5 Å². The molecule has 186 valence electrons. The van der Waals surface area contributed by atoms with Crippen LogP contribution in [-0.2, 0) is 14.8 Å². The van der Waals surface area contributed by atoms with Crippen molar-refractivity contribution in [2.24, 2.45) is 0 Å². The molecule has 0 aliphatic carbocycles. The standard InChI is InChI=1S/C22H27F2N3O6S/c1-3-32-17-5-7-18(8-6-17)34(29,30)27-12-10-26(11-13-27)15-21(28)25-16-4-9-19(33-22(23)24)20(14-16)31-2/h4-9,14,22H,3,10-13,15H2,1-2H3,(H,25,28). The van der Waals surface area contributed by atoms with Gasteiger partial charge in [-0.2, -0.15) is 13.1 Å². The summed E-state index contributed by atoms with van der Waals surface area (Å²) in [6, 6.07) is 10.4. The number of piperazine rings is 1. The number of rotatable bonds is 10. The van der Waals surface area contributed by atoms with E-state index in [1.54, 1.807) is 12.1 Å². The van der Waals surface area contributed by atoms with E-state index >= 15 is 0 Å². The molecule has 1 heterocycles. The molecule has 0 atom stereocenters. The third kappa shape index (κ3) is 6.55. The summed E-state index contributed by atoms with van der Waals surface area (Å²) < 4.78 is 66.8. The van der Waals surface area contributed by atoms with Crippen LogP contribution in [0.3, 0.4) is 0 Å². The summed E-state index contributed by atoms with van der Waals surface area (Å²) in [5, 5.41) is 2.68. The number of nitrogens with zero attached hydrogens (tertiary/aromatic N) is 2. The van der Waals surface area contributed by atoms with Crippen molar-refractivity contribution in [2.75, 3.05) is 51.8 Å². The summed E-state index contributed by atoms with van der Waals surface area (Å²) in [6.45, 7) is 0.658. The monoisotopic (exact) mass is 499 g/mol. The van der Waals surface area contributed by atoms with Crippen molar-refractivity contribution in [1.29, 1.82) is 0 Å². The zero-order chi connectivity index (χ0) is 24.7. The number of benzene rings is 2. The van der Waals surface area contributed by atoms with Gasteiger partial charge >= 0.3 is 6.61 Å². The molecule has 1 saturated heterocycles. The summed E-state index contributed by atoms with van der Waals surface area (Å²) in [7, 11) is -2.34. The van der Waals surface area contributed by atoms with Crippen LogP contribution >= 0.6 is 0 Å². The molecule has 0 bridgehead atoms. The molecule has 0 saturated carbocycles. The first-order chi connectivity index (χ1) is 16.2. The van der Waals surface area contributed by atoms with Gasteiger partial charge in [-0.3, -0.25) is 9.69 Å². The first kappa shape index (κ1) is 25.7. The van der Waals surface area contributed by atoms with Crippen LogP contribution in [0.5, 0.6) is 17.2 Å². The summed E-state index contributed by atoms with van der Waals surface area (Å²) in [6.07, 6.45) is 0. The van der Waals surface area contributed by atoms with Crippen LogP contribution in [0, 0.1) is 0 Å². The van der Waals surface area contributed by atoms with Crippen molar-refractivity contribution in [3.63, 3.8) is 0 Å². The van der Waals surface area contributed by atoms with Gasteiger partial charge in [0.2, 0.25) is 15.9 Å². The minimum atomic E-state index is -3.64. The van der Waals surface area contributed by atoms with Gasteiger partial charge in [-0.05, 0) is 43.3 Å². The van der Waals surface area contributed by atoms with Crippen LogP contribution in [-0.4, -0.2) is 76.6 Å². The van der Waals surface area contributed by atoms with Gasteiger partial charge in [0.1, 0.15) is 5.75 Å². The quantitative estimate of drug-likeness (QED) is 0.537. The van der Waals surface area contributed by atoms with Gasteiger partial charge in [0, 0.05) is 37.9 Å². The zero-order valence-electron chi connectivity index (χ0n) is 18.9. The highest BCUT2D eigenvalue weighted by atomic mass is 32.2. The van der Waals surface area contributed by atoms with Gasteiger partial charge in [-0.15, -0.1) is 0 Å². The fourth-order valence-electron chi connectivity index (χ4n) is 3.49. The highest BCUT2D eigenvalue weighted by molar-refractivity contribution is 7.89. The molecule has 2 aromatic carbocycles. The number of halogens is 2. The Kier molecular flexibility index (Phi) is 8.64. The van der Waals surface area contributed by atoms with E-state index in [2.05, 4.69) is 10.1 Å². The summed E-state index contributed by atoms with van der Waals surface area (Å²) in [5.74, 6) is 0.199. The van der Waals surface area contributed by atoms with Crippen LogP contribution in [0.2, 0.25) is 0 Å². The fraction of sp³-hybridized carbons (Fsp3) is 0.409. The highest BCUT2D eigenvalue weighted by Crippen LogP contribution is 2.31. The van der Waals surface area contributed by atoms with Crippen LogP contribution in [0.4, 0.5) is 14.5 Å². The molecule has 3 rings (SSSR count). The van der Waals surface area contributed by atoms with Gasteiger partial charge in [0.25, 0.3) is 0 Å². The maximum absolute atomic E-state index is 12.9. The smallest absolute Gasteiger partial charge is 0.387 e. The lowest BCUT2D eigenvalue weighted by atomic mass is 10.2. The van der Waals surface area contributed by atoms with Crippen molar-refractivity contribution in [3.8, 4) is 17.2 Å². The normalized spacial score (nSPS) is 15.2. The molecule has 0 radical (unpaired) electrons. The first-order valence-electron chi connectivity index (χ1n) is 10.6. The molecule has 12 heteroatoms. The fourth-order valence-corrected chi connectivity index (χ4v) is 4.92. The van der Waals surface area contributed by atoms with E-state index in [0.717, 1.165) is 0 Å². The number of amides is 1. The third-order valence-electron chi connectivity index (χ3n) is 5.13. The number of sulfonamides is 1. The van der Waals surface area contributed by atoms with Gasteiger partial charge < -0.3 is 19.5 Å². The SMILES string of the molecule is CCOc1ccc(S(=O)(=O)N2CCN(CC(=O)Nc3ccc(OC(F)F)c(OC)c3)CC2)cc1. The number of hydrogen-bond donors (Lipinski definition) is 1. The molecular weight excluding hydrogens is 472 g/mol. The predicted octanol–water partition coefficient (Wildman–Crippen LogP) is 2.64. The average molecular weight is 500 g/mol. The number of methoxy groups -OCH3 is 1. The number of alkyl halides is 2. The van der Waals surface area contributed by atoms with Gasteiger partial charge in [0.05, 0.1) is 25.2 Å². The minimum absolute atomic E-state index is 0.0501. The summed E-state index contributed by atoms with van der Waals surface area (Å²) >= 11 is 0. The Labute approximate surface area is 197 Å². The maximum Gasteiger partial charge on any atom is 0.387 e. The Hall–Kier alpha value is -2.96. The zero-order valence-corrected chi connectivity index (χ0v) is 19.7. The van der Waals surface area contributed by atoms with Gasteiger partial charge in [-0.25, -0.2) is 8.42 Å². The van der Waals surface area contributed by atoms with E-state index in [4.69, 9.17) is 9.47 Å². The number of carbonyl (C=O) groups is 1. The molecule has 1 aliphatic heterocycles. The Balaban J connectivity index is 1.53. The molecule has 2 aromatic rings. The molecule has 9 nitrogen and oxygen atoms in total. The largest absolute Gasteiger partial charge is 0.494 e. The van der Waals surface area contributed by atoms with Gasteiger partial charge in [-0.1, -0.05) is 0 Å². The molecule has 1 fully saturated rings. The number of hydrogen-bond acceptors (Lipinski definition) is 7.